The number of hydrogen-bond donors (Lipinski definition) is 2. The lowest BCUT2D eigenvalue weighted by molar-refractivity contribution is -0.129. The Hall–Kier alpha value is -1.26. The fraction of sp³-hybridized carbons (Fsp3) is 0.462. The van der Waals surface area contributed by atoms with E-state index in [2.05, 4.69) is 5.32 Å². The van der Waals surface area contributed by atoms with E-state index in [1.54, 1.807) is 19.2 Å². The average Bonchev–Trinajstić information content (AvgIpc) is 2.23. The first-order valence-electron chi connectivity index (χ1n) is 5.84. The van der Waals surface area contributed by atoms with E-state index in [1.807, 2.05) is 12.1 Å². The molecule has 0 unspecified atom stereocenters. The van der Waals surface area contributed by atoms with Crippen LogP contribution >= 0.6 is 12.4 Å². The number of carbonyl (C=O) groups excluding carboxylic acids is 1. The van der Waals surface area contributed by atoms with Crippen LogP contribution in [0.3, 0.4) is 0 Å². The molecule has 2 rings (SSSR count). The van der Waals surface area contributed by atoms with E-state index in [0.717, 1.165) is 24.9 Å². The molecule has 1 aliphatic carbocycles. The Morgan fingerprint density at radius 1 is 1.50 bits per heavy atom. The topological polar surface area (TPSA) is 64.3 Å². The van der Waals surface area contributed by atoms with E-state index >= 15 is 0 Å². The Morgan fingerprint density at radius 2 is 2.22 bits per heavy atom. The van der Waals surface area contributed by atoms with Gasteiger partial charge in [-0.05, 0) is 37.5 Å². The molecule has 1 aromatic rings. The molecular weight excluding hydrogens is 252 g/mol. The smallest absolute Gasteiger partial charge is 0.227 e. The molecule has 4 nitrogen and oxygen atoms in total. The molecule has 1 aliphatic rings. The second kappa shape index (κ2) is 6.07. The zero-order valence-electron chi connectivity index (χ0n) is 10.4. The largest absolute Gasteiger partial charge is 0.399 e. The molecule has 0 saturated heterocycles. The van der Waals surface area contributed by atoms with Gasteiger partial charge in [-0.3, -0.25) is 4.79 Å². The Bertz CT molecular complexity index is 414. The van der Waals surface area contributed by atoms with Gasteiger partial charge in [0.15, 0.2) is 0 Å². The number of nitrogens with two attached hydrogens (primary N) is 1. The van der Waals surface area contributed by atoms with Crippen molar-refractivity contribution in [3.63, 3.8) is 0 Å². The van der Waals surface area contributed by atoms with Gasteiger partial charge in [0.25, 0.3) is 0 Å². The first kappa shape index (κ1) is 14.8. The lowest BCUT2D eigenvalue weighted by Crippen LogP contribution is -2.42. The molecule has 1 amide bonds. The lowest BCUT2D eigenvalue weighted by Gasteiger charge is -2.39. The van der Waals surface area contributed by atoms with Gasteiger partial charge in [0.05, 0.1) is 12.0 Å². The third-order valence-electron chi connectivity index (χ3n) is 3.35. The summed E-state index contributed by atoms with van der Waals surface area (Å²) in [6, 6.07) is 7.19. The van der Waals surface area contributed by atoms with Crippen molar-refractivity contribution in [2.45, 2.75) is 31.3 Å². The van der Waals surface area contributed by atoms with Gasteiger partial charge in [-0.25, -0.2) is 0 Å². The first-order chi connectivity index (χ1) is 8.13. The van der Waals surface area contributed by atoms with E-state index in [1.165, 1.54) is 0 Å². The van der Waals surface area contributed by atoms with Crippen LogP contribution in [0.2, 0.25) is 0 Å². The van der Waals surface area contributed by atoms with E-state index in [4.69, 9.17) is 10.5 Å². The van der Waals surface area contributed by atoms with Crippen LogP contribution in [0.25, 0.3) is 0 Å². The number of carbonyl (C=O) groups is 1. The fourth-order valence-corrected chi connectivity index (χ4v) is 2.14. The third kappa shape index (κ3) is 3.37. The maximum Gasteiger partial charge on any atom is 0.227 e. The van der Waals surface area contributed by atoms with Gasteiger partial charge >= 0.3 is 0 Å². The van der Waals surface area contributed by atoms with Crippen LogP contribution in [0.4, 0.5) is 11.4 Å². The number of halogens is 1. The second-order valence-electron chi connectivity index (χ2n) is 4.59. The summed E-state index contributed by atoms with van der Waals surface area (Å²) in [6.07, 6.45) is 3.49. The van der Waals surface area contributed by atoms with Crippen molar-refractivity contribution in [3.8, 4) is 0 Å². The van der Waals surface area contributed by atoms with Crippen LogP contribution in [-0.2, 0) is 9.53 Å². The molecule has 0 spiro atoms. The Labute approximate surface area is 113 Å². The average molecular weight is 271 g/mol. The number of nitrogen functional groups attached to an aromatic ring is 1. The van der Waals surface area contributed by atoms with Gasteiger partial charge in [0, 0.05) is 18.5 Å². The van der Waals surface area contributed by atoms with Crippen LogP contribution in [0.1, 0.15) is 25.7 Å². The minimum Gasteiger partial charge on any atom is -0.399 e. The highest BCUT2D eigenvalue weighted by molar-refractivity contribution is 5.91. The standard InChI is InChI=1S/C13H18N2O2.ClH/c1-17-13(6-3-7-13)9-12(16)15-11-5-2-4-10(14)8-11;/h2,4-5,8H,3,6-7,9,14H2,1H3,(H,15,16);1H. The van der Waals surface area contributed by atoms with Gasteiger partial charge < -0.3 is 15.8 Å². The number of rotatable bonds is 4. The molecule has 100 valence electrons. The second-order valence-corrected chi connectivity index (χ2v) is 4.59. The minimum atomic E-state index is -0.232. The van der Waals surface area contributed by atoms with Gasteiger partial charge in [-0.15, -0.1) is 12.4 Å². The number of benzene rings is 1. The summed E-state index contributed by atoms with van der Waals surface area (Å²) < 4.78 is 5.42. The SMILES string of the molecule is COC1(CC(=O)Nc2cccc(N)c2)CCC1.Cl. The lowest BCUT2D eigenvalue weighted by atomic mass is 9.77. The van der Waals surface area contributed by atoms with E-state index in [-0.39, 0.29) is 23.9 Å². The van der Waals surface area contributed by atoms with Crippen molar-refractivity contribution < 1.29 is 9.53 Å². The van der Waals surface area contributed by atoms with E-state index < -0.39 is 0 Å². The number of nitrogens with one attached hydrogen (secondary N) is 1. The van der Waals surface area contributed by atoms with E-state index in [0.29, 0.717) is 12.1 Å². The summed E-state index contributed by atoms with van der Waals surface area (Å²) in [5, 5.41) is 2.84. The minimum absolute atomic E-state index is 0. The molecule has 0 aromatic heterocycles. The maximum absolute atomic E-state index is 11.9. The fourth-order valence-electron chi connectivity index (χ4n) is 2.14. The van der Waals surface area contributed by atoms with Crippen LogP contribution in [-0.4, -0.2) is 18.6 Å². The highest BCUT2D eigenvalue weighted by atomic mass is 35.5. The summed E-state index contributed by atoms with van der Waals surface area (Å²) in [4.78, 5) is 11.9. The number of ether oxygens (including phenoxy) is 1. The number of hydrogen-bond acceptors (Lipinski definition) is 3. The number of amides is 1. The third-order valence-corrected chi connectivity index (χ3v) is 3.35. The van der Waals surface area contributed by atoms with Crippen LogP contribution in [0.15, 0.2) is 24.3 Å². The molecule has 3 N–H and O–H groups in total. The van der Waals surface area contributed by atoms with Crippen molar-refractivity contribution in [2.24, 2.45) is 0 Å². The van der Waals surface area contributed by atoms with Crippen LogP contribution < -0.4 is 11.1 Å². The zero-order chi connectivity index (χ0) is 12.3. The molecule has 0 aliphatic heterocycles. The van der Waals surface area contributed by atoms with Gasteiger partial charge in [-0.2, -0.15) is 0 Å². The zero-order valence-corrected chi connectivity index (χ0v) is 11.3. The van der Waals surface area contributed by atoms with E-state index in [9.17, 15) is 4.79 Å². The van der Waals surface area contributed by atoms with Crippen molar-refractivity contribution in [3.05, 3.63) is 24.3 Å². The molecule has 0 bridgehead atoms. The molecule has 1 aromatic carbocycles. The Morgan fingerprint density at radius 3 is 2.72 bits per heavy atom. The maximum atomic E-state index is 11.9. The first-order valence-corrected chi connectivity index (χ1v) is 5.84. The van der Waals surface area contributed by atoms with Gasteiger partial charge in [0.1, 0.15) is 0 Å². The van der Waals surface area contributed by atoms with Crippen molar-refractivity contribution in [2.75, 3.05) is 18.2 Å². The highest BCUT2D eigenvalue weighted by Gasteiger charge is 2.38. The molecule has 5 heteroatoms. The summed E-state index contributed by atoms with van der Waals surface area (Å²) in [7, 11) is 1.67. The molecular formula is C13H19ClN2O2. The summed E-state index contributed by atoms with van der Waals surface area (Å²) in [5.74, 6) is -0.0165. The number of anilines is 2. The Balaban J connectivity index is 0.00000162. The normalized spacial score (nSPS) is 16.3. The van der Waals surface area contributed by atoms with Gasteiger partial charge in [-0.1, -0.05) is 6.07 Å². The molecule has 1 fully saturated rings. The molecule has 0 atom stereocenters. The van der Waals surface area contributed by atoms with Crippen molar-refractivity contribution in [1.29, 1.82) is 0 Å². The molecule has 18 heavy (non-hydrogen) atoms. The predicted octanol–water partition coefficient (Wildman–Crippen LogP) is 2.59. The monoisotopic (exact) mass is 270 g/mol. The number of methoxy groups -OCH3 is 1. The van der Waals surface area contributed by atoms with Crippen LogP contribution in [0.5, 0.6) is 0 Å². The molecule has 0 heterocycles. The summed E-state index contributed by atoms with van der Waals surface area (Å²) in [6.45, 7) is 0. The highest BCUT2D eigenvalue weighted by Crippen LogP contribution is 2.38. The van der Waals surface area contributed by atoms with Crippen molar-refractivity contribution in [1.82, 2.24) is 0 Å². The Kier molecular flexibility index (Phi) is 4.99. The quantitative estimate of drug-likeness (QED) is 0.827. The van der Waals surface area contributed by atoms with Crippen molar-refractivity contribution >= 4 is 29.7 Å². The molecule has 1 saturated carbocycles. The summed E-state index contributed by atoms with van der Waals surface area (Å²) >= 11 is 0. The molecule has 0 radical (unpaired) electrons. The predicted molar refractivity (Wildman–Crippen MR) is 74.9 cm³/mol. The summed E-state index contributed by atoms with van der Waals surface area (Å²) in [5.41, 5.74) is 6.80. The van der Waals surface area contributed by atoms with Crippen LogP contribution in [0, 0.1) is 0 Å². The van der Waals surface area contributed by atoms with Gasteiger partial charge in [0.2, 0.25) is 5.91 Å².